The Kier molecular flexibility index (Phi) is 9.72. The summed E-state index contributed by atoms with van der Waals surface area (Å²) in [6.45, 7) is 6.62. The van der Waals surface area contributed by atoms with Crippen LogP contribution in [0, 0.1) is 26.2 Å². The first kappa shape index (κ1) is 22.8. The van der Waals surface area contributed by atoms with Crippen molar-refractivity contribution in [3.63, 3.8) is 0 Å². The molecule has 0 aromatic heterocycles. The molecular formula is C15H26N4O5S. The summed E-state index contributed by atoms with van der Waals surface area (Å²) in [5.74, 6) is -1.64. The van der Waals surface area contributed by atoms with Crippen molar-refractivity contribution >= 4 is 22.2 Å². The summed E-state index contributed by atoms with van der Waals surface area (Å²) in [7, 11) is -4.54. The van der Waals surface area contributed by atoms with Crippen molar-refractivity contribution in [1.82, 2.24) is 10.0 Å². The van der Waals surface area contributed by atoms with Crippen molar-refractivity contribution < 1.29 is 22.9 Å². The van der Waals surface area contributed by atoms with Crippen molar-refractivity contribution in [2.75, 3.05) is 6.54 Å². The number of carbonyl (C=O) groups is 1. The second-order valence-corrected chi connectivity index (χ2v) is 6.82. The van der Waals surface area contributed by atoms with Crippen LogP contribution in [-0.2, 0) is 15.1 Å². The smallest absolute Gasteiger partial charge is 0.334 e. The van der Waals surface area contributed by atoms with Gasteiger partial charge in [0.1, 0.15) is 6.04 Å². The van der Waals surface area contributed by atoms with E-state index in [1.54, 1.807) is 4.72 Å². The third kappa shape index (κ3) is 12.9. The molecule has 1 rings (SSSR count). The monoisotopic (exact) mass is 374 g/mol. The summed E-state index contributed by atoms with van der Waals surface area (Å²) in [6, 6.07) is 5.16. The van der Waals surface area contributed by atoms with Gasteiger partial charge in [0.15, 0.2) is 5.96 Å². The van der Waals surface area contributed by atoms with Crippen LogP contribution in [-0.4, -0.2) is 42.6 Å². The second-order valence-electron chi connectivity index (χ2n) is 5.63. The van der Waals surface area contributed by atoms with E-state index in [0.29, 0.717) is 0 Å². The fourth-order valence-electron chi connectivity index (χ4n) is 2.14. The molecule has 0 aliphatic heterocycles. The Labute approximate surface area is 148 Å². The summed E-state index contributed by atoms with van der Waals surface area (Å²) in [6.07, 6.45) is 0.245. The Morgan fingerprint density at radius 3 is 1.96 bits per heavy atom. The molecule has 0 radical (unpaired) electrons. The van der Waals surface area contributed by atoms with Crippen molar-refractivity contribution in [2.45, 2.75) is 39.7 Å². The Hall–Kier alpha value is -2.17. The van der Waals surface area contributed by atoms with Crippen LogP contribution in [0.1, 0.15) is 29.5 Å². The Balaban J connectivity index is 0.000000535. The normalized spacial score (nSPS) is 11.8. The maximum Gasteiger partial charge on any atom is 0.334 e. The molecule has 0 saturated heterocycles. The first-order valence-electron chi connectivity index (χ1n) is 7.51. The van der Waals surface area contributed by atoms with Crippen LogP contribution >= 0.6 is 0 Å². The molecule has 1 atom stereocenters. The predicted molar refractivity (Wildman–Crippen MR) is 95.9 cm³/mol. The van der Waals surface area contributed by atoms with Gasteiger partial charge < -0.3 is 16.2 Å². The molecule has 1 aromatic carbocycles. The minimum absolute atomic E-state index is 0.0323. The SMILES string of the molecule is Cc1cc(C)cc(C)c1.N=C(N)NCCC[C@H](NS(=O)(=O)O)C(=O)O. The average Bonchev–Trinajstić information content (AvgIpc) is 2.39. The molecular weight excluding hydrogens is 348 g/mol. The molecule has 142 valence electrons. The van der Waals surface area contributed by atoms with E-state index in [1.165, 1.54) is 16.7 Å². The lowest BCUT2D eigenvalue weighted by atomic mass is 10.1. The summed E-state index contributed by atoms with van der Waals surface area (Å²) < 4.78 is 30.8. The molecule has 10 heteroatoms. The van der Waals surface area contributed by atoms with Gasteiger partial charge in [0, 0.05) is 6.54 Å². The topological polar surface area (TPSA) is 166 Å². The minimum Gasteiger partial charge on any atom is -0.480 e. The number of hydrogen-bond donors (Lipinski definition) is 6. The van der Waals surface area contributed by atoms with Crippen LogP contribution < -0.4 is 15.8 Å². The summed E-state index contributed by atoms with van der Waals surface area (Å²) in [4.78, 5) is 10.6. The highest BCUT2D eigenvalue weighted by Gasteiger charge is 2.21. The third-order valence-electron chi connectivity index (χ3n) is 2.94. The van der Waals surface area contributed by atoms with Crippen LogP contribution in [0.2, 0.25) is 0 Å². The first-order chi connectivity index (χ1) is 11.4. The molecule has 0 heterocycles. The molecule has 0 amide bonds. The average molecular weight is 374 g/mol. The highest BCUT2D eigenvalue weighted by Crippen LogP contribution is 2.06. The number of guanidine groups is 1. The number of carboxylic acid groups (broad SMARTS) is 1. The van der Waals surface area contributed by atoms with Crippen LogP contribution in [0.4, 0.5) is 0 Å². The third-order valence-corrected chi connectivity index (χ3v) is 3.52. The molecule has 0 fully saturated rings. The lowest BCUT2D eigenvalue weighted by Crippen LogP contribution is -2.41. The second kappa shape index (κ2) is 10.6. The fraction of sp³-hybridized carbons (Fsp3) is 0.467. The van der Waals surface area contributed by atoms with E-state index in [4.69, 9.17) is 20.8 Å². The lowest BCUT2D eigenvalue weighted by molar-refractivity contribution is -0.139. The van der Waals surface area contributed by atoms with Gasteiger partial charge in [-0.05, 0) is 33.6 Å². The number of aliphatic carboxylic acids is 1. The van der Waals surface area contributed by atoms with E-state index < -0.39 is 22.3 Å². The molecule has 1 aromatic rings. The van der Waals surface area contributed by atoms with Gasteiger partial charge in [0.2, 0.25) is 0 Å². The van der Waals surface area contributed by atoms with E-state index in [9.17, 15) is 13.2 Å². The number of rotatable bonds is 7. The van der Waals surface area contributed by atoms with Crippen LogP contribution in [0.5, 0.6) is 0 Å². The van der Waals surface area contributed by atoms with E-state index in [-0.39, 0.29) is 25.3 Å². The van der Waals surface area contributed by atoms with E-state index in [2.05, 4.69) is 44.3 Å². The highest BCUT2D eigenvalue weighted by molar-refractivity contribution is 7.83. The lowest BCUT2D eigenvalue weighted by Gasteiger charge is -2.11. The van der Waals surface area contributed by atoms with Gasteiger partial charge >= 0.3 is 16.3 Å². The molecule has 0 unspecified atom stereocenters. The predicted octanol–water partition coefficient (Wildman–Crippen LogP) is 0.707. The largest absolute Gasteiger partial charge is 0.480 e. The molecule has 9 nitrogen and oxygen atoms in total. The van der Waals surface area contributed by atoms with Gasteiger partial charge in [0.25, 0.3) is 0 Å². The summed E-state index contributed by atoms with van der Waals surface area (Å²) in [5, 5.41) is 17.9. The van der Waals surface area contributed by atoms with Crippen molar-refractivity contribution in [3.8, 4) is 0 Å². The van der Waals surface area contributed by atoms with E-state index >= 15 is 0 Å². The number of nitrogens with two attached hydrogens (primary N) is 1. The van der Waals surface area contributed by atoms with Gasteiger partial charge in [-0.2, -0.15) is 13.1 Å². The van der Waals surface area contributed by atoms with Gasteiger partial charge in [-0.15, -0.1) is 0 Å². The molecule has 7 N–H and O–H groups in total. The van der Waals surface area contributed by atoms with Crippen LogP contribution in [0.3, 0.4) is 0 Å². The van der Waals surface area contributed by atoms with Crippen molar-refractivity contribution in [3.05, 3.63) is 34.9 Å². The van der Waals surface area contributed by atoms with Gasteiger partial charge in [-0.25, -0.2) is 0 Å². The molecule has 0 aliphatic carbocycles. The Bertz CT molecular complexity index is 641. The van der Waals surface area contributed by atoms with Gasteiger partial charge in [0.05, 0.1) is 0 Å². The quantitative estimate of drug-likeness (QED) is 0.177. The maximum atomic E-state index is 10.6. The standard InChI is InChI=1S/C9H12.C6H14N4O5S/c1-7-4-8(2)6-9(3)5-7;7-6(8)9-3-1-2-4(5(11)12)10-16(13,14)15/h4-6H,1-3H3;4,10H,1-3H2,(H,11,12)(H4,7,8,9)(H,13,14,15)/t;4-/m.0/s1. The number of carboxylic acids is 1. The van der Waals surface area contributed by atoms with Crippen LogP contribution in [0.25, 0.3) is 0 Å². The number of nitrogens with one attached hydrogen (secondary N) is 3. The summed E-state index contributed by atoms with van der Waals surface area (Å²) in [5.41, 5.74) is 9.04. The van der Waals surface area contributed by atoms with Crippen molar-refractivity contribution in [2.24, 2.45) is 5.73 Å². The number of aryl methyl sites for hydroxylation is 3. The minimum atomic E-state index is -4.54. The summed E-state index contributed by atoms with van der Waals surface area (Å²) >= 11 is 0. The fourth-order valence-corrected chi connectivity index (χ4v) is 2.72. The highest BCUT2D eigenvalue weighted by atomic mass is 32.2. The van der Waals surface area contributed by atoms with Gasteiger partial charge in [-0.3, -0.25) is 14.8 Å². The zero-order valence-electron chi connectivity index (χ0n) is 14.5. The molecule has 25 heavy (non-hydrogen) atoms. The van der Waals surface area contributed by atoms with Crippen molar-refractivity contribution in [1.29, 1.82) is 5.41 Å². The van der Waals surface area contributed by atoms with E-state index in [1.807, 2.05) is 0 Å². The molecule has 0 saturated carbocycles. The first-order valence-corrected chi connectivity index (χ1v) is 8.95. The number of hydrogen-bond acceptors (Lipinski definition) is 4. The molecule has 0 spiro atoms. The number of benzene rings is 1. The van der Waals surface area contributed by atoms with Crippen LogP contribution in [0.15, 0.2) is 18.2 Å². The zero-order valence-corrected chi connectivity index (χ0v) is 15.4. The van der Waals surface area contributed by atoms with Gasteiger partial charge in [-0.1, -0.05) is 34.9 Å². The van der Waals surface area contributed by atoms with E-state index in [0.717, 1.165) is 0 Å². The molecule has 0 aliphatic rings. The maximum absolute atomic E-state index is 10.6. The Morgan fingerprint density at radius 1 is 1.20 bits per heavy atom. The molecule has 0 bridgehead atoms. The Morgan fingerprint density at radius 2 is 1.64 bits per heavy atom. The zero-order chi connectivity index (χ0) is 19.6.